The average Bonchev–Trinajstić information content (AvgIpc) is 2.46. The van der Waals surface area contributed by atoms with Crippen molar-refractivity contribution in [2.75, 3.05) is 7.11 Å². The number of esters is 1. The topological polar surface area (TPSA) is 52.3 Å². The maximum Gasteiger partial charge on any atom is 0.322 e. The third-order valence-corrected chi connectivity index (χ3v) is 3.24. The summed E-state index contributed by atoms with van der Waals surface area (Å²) in [5, 5.41) is 0. The Bertz CT molecular complexity index is 607. The van der Waals surface area contributed by atoms with Crippen LogP contribution < -0.4 is 5.73 Å². The molecule has 1 unspecified atom stereocenters. The number of hydrogen-bond donors (Lipinski definition) is 1. The predicted octanol–water partition coefficient (Wildman–Crippen LogP) is 2.70. The van der Waals surface area contributed by atoms with Gasteiger partial charge in [-0.25, -0.2) is 0 Å². The molecule has 0 saturated heterocycles. The van der Waals surface area contributed by atoms with Crippen molar-refractivity contribution < 1.29 is 9.53 Å². The number of carbonyl (C=O) groups excluding carboxylic acids is 1. The van der Waals surface area contributed by atoms with Gasteiger partial charge in [-0.15, -0.1) is 0 Å². The average molecular weight is 269 g/mol. The van der Waals surface area contributed by atoms with Gasteiger partial charge in [-0.3, -0.25) is 4.79 Å². The Hall–Kier alpha value is -2.13. The molecule has 20 heavy (non-hydrogen) atoms. The van der Waals surface area contributed by atoms with Crippen LogP contribution in [0, 0.1) is 6.92 Å². The molecule has 104 valence electrons. The van der Waals surface area contributed by atoms with Gasteiger partial charge < -0.3 is 10.5 Å². The molecule has 0 aliphatic heterocycles. The summed E-state index contributed by atoms with van der Waals surface area (Å²) in [4.78, 5) is 11.4. The van der Waals surface area contributed by atoms with Gasteiger partial charge in [0, 0.05) is 0 Å². The molecule has 1 atom stereocenters. The molecule has 2 aromatic rings. The molecule has 0 radical (unpaired) electrons. The summed E-state index contributed by atoms with van der Waals surface area (Å²) in [6.07, 6.45) is 0.479. The van der Waals surface area contributed by atoms with Crippen LogP contribution in [0.25, 0.3) is 11.1 Å². The van der Waals surface area contributed by atoms with E-state index in [2.05, 4.69) is 42.0 Å². The third-order valence-electron chi connectivity index (χ3n) is 3.24. The first-order valence-electron chi connectivity index (χ1n) is 6.59. The Morgan fingerprint density at radius 2 is 1.80 bits per heavy atom. The molecule has 0 aliphatic rings. The fourth-order valence-corrected chi connectivity index (χ4v) is 2.19. The van der Waals surface area contributed by atoms with Crippen molar-refractivity contribution in [3.63, 3.8) is 0 Å². The van der Waals surface area contributed by atoms with E-state index in [9.17, 15) is 4.79 Å². The number of hydrogen-bond acceptors (Lipinski definition) is 3. The van der Waals surface area contributed by atoms with Crippen LogP contribution in [0.5, 0.6) is 0 Å². The second-order valence-electron chi connectivity index (χ2n) is 4.90. The highest BCUT2D eigenvalue weighted by Gasteiger charge is 2.14. The van der Waals surface area contributed by atoms with Crippen molar-refractivity contribution in [2.45, 2.75) is 19.4 Å². The number of aryl methyl sites for hydroxylation is 1. The molecule has 2 aromatic carbocycles. The zero-order valence-corrected chi connectivity index (χ0v) is 11.8. The summed E-state index contributed by atoms with van der Waals surface area (Å²) in [6, 6.07) is 15.8. The summed E-state index contributed by atoms with van der Waals surface area (Å²) < 4.78 is 4.65. The number of carbonyl (C=O) groups is 1. The first-order valence-corrected chi connectivity index (χ1v) is 6.59. The maximum absolute atomic E-state index is 11.4. The van der Waals surface area contributed by atoms with Crippen LogP contribution in [-0.4, -0.2) is 19.1 Å². The van der Waals surface area contributed by atoms with E-state index in [1.54, 1.807) is 0 Å². The molecule has 0 aliphatic carbocycles. The number of ether oxygens (including phenoxy) is 1. The van der Waals surface area contributed by atoms with Crippen molar-refractivity contribution in [2.24, 2.45) is 5.73 Å². The van der Waals surface area contributed by atoms with Gasteiger partial charge >= 0.3 is 5.97 Å². The predicted molar refractivity (Wildman–Crippen MR) is 80.3 cm³/mol. The first kappa shape index (κ1) is 14.3. The minimum Gasteiger partial charge on any atom is -0.468 e. The summed E-state index contributed by atoms with van der Waals surface area (Å²) in [6.45, 7) is 2.07. The number of methoxy groups -OCH3 is 1. The van der Waals surface area contributed by atoms with E-state index in [1.165, 1.54) is 18.2 Å². The fraction of sp³-hybridized carbons (Fsp3) is 0.235. The molecular formula is C17H19NO2. The van der Waals surface area contributed by atoms with Crippen LogP contribution in [0.1, 0.15) is 11.1 Å². The van der Waals surface area contributed by atoms with Gasteiger partial charge in [0.05, 0.1) is 7.11 Å². The van der Waals surface area contributed by atoms with Gasteiger partial charge in [-0.1, -0.05) is 54.1 Å². The van der Waals surface area contributed by atoms with E-state index in [0.29, 0.717) is 6.42 Å². The van der Waals surface area contributed by atoms with E-state index in [0.717, 1.165) is 11.1 Å². The van der Waals surface area contributed by atoms with E-state index in [-0.39, 0.29) is 5.97 Å². The second kappa shape index (κ2) is 6.35. The number of rotatable bonds is 4. The molecule has 3 heteroatoms. The molecule has 0 saturated carbocycles. The normalized spacial score (nSPS) is 11.9. The van der Waals surface area contributed by atoms with E-state index >= 15 is 0 Å². The van der Waals surface area contributed by atoms with Gasteiger partial charge in [-0.2, -0.15) is 0 Å². The van der Waals surface area contributed by atoms with E-state index < -0.39 is 6.04 Å². The lowest BCUT2D eigenvalue weighted by Crippen LogP contribution is -2.33. The highest BCUT2D eigenvalue weighted by molar-refractivity contribution is 5.76. The third kappa shape index (κ3) is 3.45. The molecule has 0 bridgehead atoms. The summed E-state index contributed by atoms with van der Waals surface area (Å²) in [7, 11) is 1.35. The standard InChI is InChI=1S/C17H19NO2/c1-12-5-3-7-14(9-12)15-8-4-6-13(10-15)11-16(18)17(19)20-2/h3-10,16H,11,18H2,1-2H3. The largest absolute Gasteiger partial charge is 0.468 e. The highest BCUT2D eigenvalue weighted by Crippen LogP contribution is 2.21. The van der Waals surface area contributed by atoms with Crippen LogP contribution in [0.3, 0.4) is 0 Å². The first-order chi connectivity index (χ1) is 9.60. The Morgan fingerprint density at radius 1 is 1.15 bits per heavy atom. The van der Waals surface area contributed by atoms with Gasteiger partial charge in [-0.05, 0) is 30.0 Å². The van der Waals surface area contributed by atoms with Crippen LogP contribution in [0.2, 0.25) is 0 Å². The Balaban J connectivity index is 2.22. The minimum atomic E-state index is -0.618. The summed E-state index contributed by atoms with van der Waals surface area (Å²) >= 11 is 0. The lowest BCUT2D eigenvalue weighted by atomic mass is 9.99. The van der Waals surface area contributed by atoms with E-state index in [1.807, 2.05) is 18.2 Å². The Labute approximate surface area is 119 Å². The Morgan fingerprint density at radius 3 is 2.45 bits per heavy atom. The van der Waals surface area contributed by atoms with Gasteiger partial charge in [0.25, 0.3) is 0 Å². The molecule has 0 aromatic heterocycles. The highest BCUT2D eigenvalue weighted by atomic mass is 16.5. The van der Waals surface area contributed by atoms with Crippen molar-refractivity contribution >= 4 is 5.97 Å². The molecule has 0 heterocycles. The number of benzene rings is 2. The zero-order chi connectivity index (χ0) is 14.5. The lowest BCUT2D eigenvalue weighted by Gasteiger charge is -2.10. The fourth-order valence-electron chi connectivity index (χ4n) is 2.19. The van der Waals surface area contributed by atoms with Crippen LogP contribution in [-0.2, 0) is 16.0 Å². The molecule has 0 amide bonds. The quantitative estimate of drug-likeness (QED) is 0.868. The molecule has 3 nitrogen and oxygen atoms in total. The molecule has 0 spiro atoms. The minimum absolute atomic E-state index is 0.383. The van der Waals surface area contributed by atoms with Crippen LogP contribution >= 0.6 is 0 Å². The maximum atomic E-state index is 11.4. The SMILES string of the molecule is COC(=O)C(N)Cc1cccc(-c2cccc(C)c2)c1. The van der Waals surface area contributed by atoms with Gasteiger partial charge in [0.1, 0.15) is 6.04 Å². The van der Waals surface area contributed by atoms with Crippen molar-refractivity contribution in [1.29, 1.82) is 0 Å². The second-order valence-corrected chi connectivity index (χ2v) is 4.90. The number of nitrogens with two attached hydrogens (primary N) is 1. The van der Waals surface area contributed by atoms with Crippen molar-refractivity contribution in [1.82, 2.24) is 0 Å². The van der Waals surface area contributed by atoms with Crippen molar-refractivity contribution in [3.8, 4) is 11.1 Å². The molecular weight excluding hydrogens is 250 g/mol. The zero-order valence-electron chi connectivity index (χ0n) is 11.8. The lowest BCUT2D eigenvalue weighted by molar-refractivity contribution is -0.142. The smallest absolute Gasteiger partial charge is 0.322 e. The van der Waals surface area contributed by atoms with Crippen LogP contribution in [0.4, 0.5) is 0 Å². The monoisotopic (exact) mass is 269 g/mol. The van der Waals surface area contributed by atoms with E-state index in [4.69, 9.17) is 5.73 Å². The summed E-state index contributed by atoms with van der Waals surface area (Å²) in [5.74, 6) is -0.383. The Kier molecular flexibility index (Phi) is 4.53. The molecule has 2 N–H and O–H groups in total. The van der Waals surface area contributed by atoms with Crippen LogP contribution in [0.15, 0.2) is 48.5 Å². The van der Waals surface area contributed by atoms with Crippen molar-refractivity contribution in [3.05, 3.63) is 59.7 Å². The summed E-state index contributed by atoms with van der Waals surface area (Å²) in [5.41, 5.74) is 10.3. The van der Waals surface area contributed by atoms with Gasteiger partial charge in [0.15, 0.2) is 0 Å². The molecule has 0 fully saturated rings. The molecule has 2 rings (SSSR count). The van der Waals surface area contributed by atoms with Gasteiger partial charge in [0.2, 0.25) is 0 Å².